The van der Waals surface area contributed by atoms with Crippen LogP contribution < -0.4 is 5.73 Å². The van der Waals surface area contributed by atoms with Crippen molar-refractivity contribution < 1.29 is 9.53 Å². The number of esters is 1. The summed E-state index contributed by atoms with van der Waals surface area (Å²) in [6.45, 7) is 2.77. The van der Waals surface area contributed by atoms with Gasteiger partial charge in [0.05, 0.1) is 12.5 Å². The van der Waals surface area contributed by atoms with Crippen LogP contribution in [0, 0.1) is 5.92 Å². The Kier molecular flexibility index (Phi) is 6.94. The van der Waals surface area contributed by atoms with E-state index in [1.165, 1.54) is 25.7 Å². The Morgan fingerprint density at radius 1 is 1.24 bits per heavy atom. The summed E-state index contributed by atoms with van der Waals surface area (Å²) >= 11 is 0. The number of rotatable bonds is 8. The minimum Gasteiger partial charge on any atom is -0.465 e. The minimum atomic E-state index is -0.109. The molecule has 0 saturated heterocycles. The molecular weight excluding hydrogens is 214 g/mol. The van der Waals surface area contributed by atoms with Crippen molar-refractivity contribution in [1.82, 2.24) is 0 Å². The van der Waals surface area contributed by atoms with Gasteiger partial charge >= 0.3 is 5.97 Å². The summed E-state index contributed by atoms with van der Waals surface area (Å²) < 4.78 is 5.24. The molecule has 0 heterocycles. The largest absolute Gasteiger partial charge is 0.465 e. The van der Waals surface area contributed by atoms with Gasteiger partial charge in [-0.2, -0.15) is 0 Å². The zero-order valence-electron chi connectivity index (χ0n) is 10.9. The van der Waals surface area contributed by atoms with Gasteiger partial charge in [0.15, 0.2) is 0 Å². The molecule has 0 amide bonds. The molecule has 0 saturated carbocycles. The molecular formula is C14H25NO2. The van der Waals surface area contributed by atoms with E-state index in [1.807, 2.05) is 12.2 Å². The number of nitrogens with two attached hydrogens (primary N) is 1. The van der Waals surface area contributed by atoms with Crippen molar-refractivity contribution in [2.45, 2.75) is 57.9 Å². The molecule has 1 aliphatic rings. The Labute approximate surface area is 104 Å². The fourth-order valence-corrected chi connectivity index (χ4v) is 2.06. The molecule has 3 nitrogen and oxygen atoms in total. The van der Waals surface area contributed by atoms with Crippen LogP contribution in [0.25, 0.3) is 0 Å². The average molecular weight is 239 g/mol. The quantitative estimate of drug-likeness (QED) is 0.402. The predicted molar refractivity (Wildman–Crippen MR) is 69.6 cm³/mol. The molecule has 1 aliphatic carbocycles. The lowest BCUT2D eigenvalue weighted by atomic mass is 10.1. The molecule has 0 fully saturated rings. The number of ether oxygens (including phenoxy) is 1. The molecule has 2 N–H and O–H groups in total. The van der Waals surface area contributed by atoms with Crippen LogP contribution in [0.3, 0.4) is 0 Å². The summed E-state index contributed by atoms with van der Waals surface area (Å²) in [7, 11) is 0. The first-order valence-electron chi connectivity index (χ1n) is 6.84. The summed E-state index contributed by atoms with van der Waals surface area (Å²) in [5, 5.41) is 0. The van der Waals surface area contributed by atoms with E-state index in [1.54, 1.807) is 0 Å². The summed E-state index contributed by atoms with van der Waals surface area (Å²) in [6, 6.07) is 0.0293. The van der Waals surface area contributed by atoms with Crippen LogP contribution in [0.2, 0.25) is 0 Å². The highest BCUT2D eigenvalue weighted by Crippen LogP contribution is 2.18. The Balaban J connectivity index is 1.96. The van der Waals surface area contributed by atoms with E-state index in [9.17, 15) is 4.79 Å². The zero-order chi connectivity index (χ0) is 12.5. The maximum atomic E-state index is 11.6. The minimum absolute atomic E-state index is 0.0293. The molecule has 0 aromatic rings. The number of hydrogen-bond acceptors (Lipinski definition) is 3. The summed E-state index contributed by atoms with van der Waals surface area (Å²) in [6.07, 6.45) is 11.7. The van der Waals surface area contributed by atoms with Crippen molar-refractivity contribution in [3.63, 3.8) is 0 Å². The van der Waals surface area contributed by atoms with E-state index in [0.717, 1.165) is 12.8 Å². The van der Waals surface area contributed by atoms with Gasteiger partial charge in [0.25, 0.3) is 0 Å². The second-order valence-corrected chi connectivity index (χ2v) is 4.83. The smallest absolute Gasteiger partial charge is 0.312 e. The van der Waals surface area contributed by atoms with E-state index in [0.29, 0.717) is 13.0 Å². The Hall–Kier alpha value is -0.830. The van der Waals surface area contributed by atoms with Crippen molar-refractivity contribution in [3.05, 3.63) is 12.2 Å². The molecule has 17 heavy (non-hydrogen) atoms. The van der Waals surface area contributed by atoms with Crippen molar-refractivity contribution in [3.8, 4) is 0 Å². The topological polar surface area (TPSA) is 52.3 Å². The molecule has 2 atom stereocenters. The average Bonchev–Trinajstić information content (AvgIpc) is 2.74. The van der Waals surface area contributed by atoms with Crippen molar-refractivity contribution in [2.75, 3.05) is 6.61 Å². The summed E-state index contributed by atoms with van der Waals surface area (Å²) in [5.41, 5.74) is 5.69. The Morgan fingerprint density at radius 3 is 2.59 bits per heavy atom. The lowest BCUT2D eigenvalue weighted by molar-refractivity contribution is -0.147. The molecule has 2 unspecified atom stereocenters. The van der Waals surface area contributed by atoms with Gasteiger partial charge in [-0.15, -0.1) is 0 Å². The first-order valence-corrected chi connectivity index (χ1v) is 6.84. The fourth-order valence-electron chi connectivity index (χ4n) is 2.06. The Morgan fingerprint density at radius 2 is 1.94 bits per heavy atom. The number of carbonyl (C=O) groups excluding carboxylic acids is 1. The second kappa shape index (κ2) is 8.29. The maximum Gasteiger partial charge on any atom is 0.312 e. The second-order valence-electron chi connectivity index (χ2n) is 4.83. The van der Waals surface area contributed by atoms with Crippen molar-refractivity contribution >= 4 is 5.97 Å². The third kappa shape index (κ3) is 5.87. The fraction of sp³-hybridized carbons (Fsp3) is 0.786. The van der Waals surface area contributed by atoms with Crippen molar-refractivity contribution in [1.29, 1.82) is 0 Å². The van der Waals surface area contributed by atoms with Gasteiger partial charge in [0.1, 0.15) is 0 Å². The molecule has 0 radical (unpaired) electrons. The lowest BCUT2D eigenvalue weighted by Gasteiger charge is -2.09. The van der Waals surface area contributed by atoms with E-state index < -0.39 is 0 Å². The van der Waals surface area contributed by atoms with Gasteiger partial charge in [0, 0.05) is 6.04 Å². The van der Waals surface area contributed by atoms with Crippen LogP contribution in [-0.4, -0.2) is 18.6 Å². The van der Waals surface area contributed by atoms with Gasteiger partial charge in [-0.3, -0.25) is 4.79 Å². The molecule has 0 spiro atoms. The van der Waals surface area contributed by atoms with Crippen LogP contribution in [0.4, 0.5) is 0 Å². The van der Waals surface area contributed by atoms with Crippen LogP contribution >= 0.6 is 0 Å². The molecule has 0 bridgehead atoms. The standard InChI is InChI=1S/C14H25NO2/c1-2-3-4-5-6-7-10-17-14(16)12-8-9-13(15)11-12/h8-9,12-13H,2-7,10-11,15H2,1H3. The number of unbranched alkanes of at least 4 members (excludes halogenated alkanes) is 5. The van der Waals surface area contributed by atoms with Crippen LogP contribution in [0.15, 0.2) is 12.2 Å². The maximum absolute atomic E-state index is 11.6. The first-order chi connectivity index (χ1) is 8.24. The molecule has 3 heteroatoms. The molecule has 0 aliphatic heterocycles. The van der Waals surface area contributed by atoms with Gasteiger partial charge in [-0.05, 0) is 12.8 Å². The lowest BCUT2D eigenvalue weighted by Crippen LogP contribution is -2.20. The van der Waals surface area contributed by atoms with Crippen LogP contribution in [0.1, 0.15) is 51.9 Å². The van der Waals surface area contributed by atoms with Gasteiger partial charge in [-0.1, -0.05) is 51.2 Å². The van der Waals surface area contributed by atoms with Crippen LogP contribution in [0.5, 0.6) is 0 Å². The van der Waals surface area contributed by atoms with Gasteiger partial charge in [0.2, 0.25) is 0 Å². The highest BCUT2D eigenvalue weighted by molar-refractivity contribution is 5.75. The summed E-state index contributed by atoms with van der Waals surface area (Å²) in [5.74, 6) is -0.215. The van der Waals surface area contributed by atoms with E-state index >= 15 is 0 Å². The Bertz CT molecular complexity index is 251. The van der Waals surface area contributed by atoms with E-state index in [2.05, 4.69) is 6.92 Å². The monoisotopic (exact) mass is 239 g/mol. The summed E-state index contributed by atoms with van der Waals surface area (Å²) in [4.78, 5) is 11.6. The highest BCUT2D eigenvalue weighted by atomic mass is 16.5. The molecule has 1 rings (SSSR count). The molecule has 0 aromatic heterocycles. The van der Waals surface area contributed by atoms with Gasteiger partial charge in [-0.25, -0.2) is 0 Å². The predicted octanol–water partition coefficient (Wildman–Crippen LogP) is 2.79. The first kappa shape index (κ1) is 14.2. The molecule has 98 valence electrons. The van der Waals surface area contributed by atoms with Gasteiger partial charge < -0.3 is 10.5 Å². The number of carbonyl (C=O) groups is 1. The van der Waals surface area contributed by atoms with Crippen LogP contribution in [-0.2, 0) is 9.53 Å². The molecule has 0 aromatic carbocycles. The van der Waals surface area contributed by atoms with E-state index in [-0.39, 0.29) is 17.9 Å². The van der Waals surface area contributed by atoms with E-state index in [4.69, 9.17) is 10.5 Å². The van der Waals surface area contributed by atoms with Crippen molar-refractivity contribution in [2.24, 2.45) is 11.7 Å². The third-order valence-corrected chi connectivity index (χ3v) is 3.16. The third-order valence-electron chi connectivity index (χ3n) is 3.16. The normalized spacial score (nSPS) is 22.9. The SMILES string of the molecule is CCCCCCCCOC(=O)C1C=CC(N)C1. The number of hydrogen-bond donors (Lipinski definition) is 1. The zero-order valence-corrected chi connectivity index (χ0v) is 10.9. The highest BCUT2D eigenvalue weighted by Gasteiger charge is 2.23.